The van der Waals surface area contributed by atoms with Gasteiger partial charge in [0, 0.05) is 44.0 Å². The Bertz CT molecular complexity index is 3020. The minimum Gasteiger partial charge on any atom is -0.344 e. The van der Waals surface area contributed by atoms with Crippen LogP contribution in [0, 0.1) is 17.6 Å². The number of carbonyl (C=O) groups is 2. The molecule has 4 heterocycles. The van der Waals surface area contributed by atoms with Gasteiger partial charge in [0.15, 0.2) is 5.82 Å². The number of fused-ring (bicyclic) bond motifs is 5. The molecule has 8 rings (SSSR count). The van der Waals surface area contributed by atoms with Crippen molar-refractivity contribution in [3.05, 3.63) is 108 Å². The zero-order chi connectivity index (χ0) is 42.6. The second-order valence-electron chi connectivity index (χ2n) is 14.3. The van der Waals surface area contributed by atoms with E-state index in [1.165, 1.54) is 19.2 Å². The van der Waals surface area contributed by atoms with Gasteiger partial charge in [0.2, 0.25) is 27.4 Å². The molecule has 0 spiro atoms. The van der Waals surface area contributed by atoms with Gasteiger partial charge in [0.25, 0.3) is 17.9 Å². The van der Waals surface area contributed by atoms with E-state index in [0.717, 1.165) is 46.7 Å². The smallest absolute Gasteiger partial charge is 0.293 e. The maximum atomic E-state index is 15.4. The van der Waals surface area contributed by atoms with E-state index in [1.54, 1.807) is 0 Å². The second kappa shape index (κ2) is 13.8. The van der Waals surface area contributed by atoms with Crippen LogP contribution >= 0.6 is 11.6 Å². The molecule has 3 atom stereocenters. The van der Waals surface area contributed by atoms with Crippen LogP contribution in [-0.4, -0.2) is 60.6 Å². The highest BCUT2D eigenvalue weighted by Crippen LogP contribution is 2.68. The number of aromatic nitrogens is 7. The highest BCUT2D eigenvalue weighted by Gasteiger charge is 2.67. The summed E-state index contributed by atoms with van der Waals surface area (Å²) in [7, 11) is -2.98. The molecule has 0 unspecified atom stereocenters. The standard InChI is InChI=1S/C36H28ClF6N9O6S/c1-14(53)52(59(3,57)58)34-27-21(37)5-6-23(29(27)49(2)48-34)51-33(46-32-18(35(51)56)4-7-24(54)45-32)22(10-15-8-16(38)11-17(39)9-15)44-25(55)13-50-30-26(28(47-50)31(40)41)19-12-20(19)36(30,42)43/h4-9,11,19-20,22,31H,10,12-13H2,1-3H3,(H,44,55)(H,45,54)/t19-,20+,22-/m0/s1. The van der Waals surface area contributed by atoms with Crippen molar-refractivity contribution in [1.29, 1.82) is 0 Å². The molecule has 1 saturated carbocycles. The molecule has 1 fully saturated rings. The number of pyridine rings is 1. The summed E-state index contributed by atoms with van der Waals surface area (Å²) in [6, 6.07) is 5.46. The largest absolute Gasteiger partial charge is 0.344 e. The lowest BCUT2D eigenvalue weighted by molar-refractivity contribution is -0.123. The van der Waals surface area contributed by atoms with Crippen molar-refractivity contribution in [1.82, 2.24) is 39.4 Å². The number of hydrogen-bond donors (Lipinski definition) is 2. The zero-order valence-electron chi connectivity index (χ0n) is 30.6. The molecular formula is C36H28ClF6N9O6S. The van der Waals surface area contributed by atoms with Crippen molar-refractivity contribution < 1.29 is 44.3 Å². The van der Waals surface area contributed by atoms with Gasteiger partial charge in [0.05, 0.1) is 39.3 Å². The van der Waals surface area contributed by atoms with Crippen LogP contribution in [0.5, 0.6) is 0 Å². The van der Waals surface area contributed by atoms with Crippen molar-refractivity contribution in [2.45, 2.75) is 50.6 Å². The topological polar surface area (TPSA) is 187 Å². The van der Waals surface area contributed by atoms with Crippen LogP contribution in [0.15, 0.2) is 52.1 Å². The number of halogens is 7. The number of alkyl halides is 4. The number of aromatic amines is 1. The Morgan fingerprint density at radius 2 is 1.78 bits per heavy atom. The summed E-state index contributed by atoms with van der Waals surface area (Å²) in [6.45, 7) is -0.0798. The van der Waals surface area contributed by atoms with Crippen LogP contribution in [-0.2, 0) is 45.5 Å². The molecular weight excluding hydrogens is 836 g/mol. The summed E-state index contributed by atoms with van der Waals surface area (Å²) < 4.78 is 117. The quantitative estimate of drug-likeness (QED) is 0.185. The van der Waals surface area contributed by atoms with Crippen LogP contribution < -0.4 is 20.7 Å². The summed E-state index contributed by atoms with van der Waals surface area (Å²) >= 11 is 6.60. The highest BCUT2D eigenvalue weighted by molar-refractivity contribution is 7.92. The predicted octanol–water partition coefficient (Wildman–Crippen LogP) is 4.65. The summed E-state index contributed by atoms with van der Waals surface area (Å²) in [6.07, 6.45) is -3.08. The average molecular weight is 864 g/mol. The van der Waals surface area contributed by atoms with Gasteiger partial charge in [-0.1, -0.05) is 11.6 Å². The lowest BCUT2D eigenvalue weighted by Crippen LogP contribution is -2.38. The zero-order valence-corrected chi connectivity index (χ0v) is 32.2. The third kappa shape index (κ3) is 6.62. The van der Waals surface area contributed by atoms with E-state index < -0.39 is 111 Å². The van der Waals surface area contributed by atoms with Gasteiger partial charge in [-0.3, -0.25) is 33.1 Å². The van der Waals surface area contributed by atoms with Gasteiger partial charge >= 0.3 is 0 Å². The molecule has 59 heavy (non-hydrogen) atoms. The lowest BCUT2D eigenvalue weighted by Gasteiger charge is -2.24. The summed E-state index contributed by atoms with van der Waals surface area (Å²) in [4.78, 5) is 60.6. The molecule has 0 bridgehead atoms. The van der Waals surface area contributed by atoms with Gasteiger partial charge in [-0.15, -0.1) is 0 Å². The summed E-state index contributed by atoms with van der Waals surface area (Å²) in [5, 5.41) is 9.99. The molecule has 308 valence electrons. The third-order valence-electron chi connectivity index (χ3n) is 10.2. The molecule has 2 amide bonds. The molecule has 0 aliphatic heterocycles. The van der Waals surface area contributed by atoms with Crippen molar-refractivity contribution in [2.75, 3.05) is 10.6 Å². The number of aryl methyl sites for hydroxylation is 1. The van der Waals surface area contributed by atoms with Crippen molar-refractivity contribution in [3.63, 3.8) is 0 Å². The number of nitrogens with zero attached hydrogens (tertiary/aromatic N) is 7. The fourth-order valence-corrected chi connectivity index (χ4v) is 9.05. The van der Waals surface area contributed by atoms with Crippen LogP contribution in [0.2, 0.25) is 5.02 Å². The van der Waals surface area contributed by atoms with Gasteiger partial charge in [-0.05, 0) is 48.2 Å². The van der Waals surface area contributed by atoms with Gasteiger partial charge in [0.1, 0.15) is 41.0 Å². The van der Waals surface area contributed by atoms with Gasteiger partial charge < -0.3 is 10.3 Å². The van der Waals surface area contributed by atoms with Crippen LogP contribution in [0.3, 0.4) is 0 Å². The molecule has 23 heteroatoms. The van der Waals surface area contributed by atoms with E-state index in [9.17, 15) is 45.2 Å². The predicted molar refractivity (Wildman–Crippen MR) is 198 cm³/mol. The average Bonchev–Trinajstić information content (AvgIpc) is 3.65. The Morgan fingerprint density at radius 1 is 1.08 bits per heavy atom. The lowest BCUT2D eigenvalue weighted by atomic mass is 10.0. The maximum Gasteiger partial charge on any atom is 0.293 e. The molecule has 0 radical (unpaired) electrons. The highest BCUT2D eigenvalue weighted by atomic mass is 35.5. The molecule has 0 saturated heterocycles. The van der Waals surface area contributed by atoms with Crippen LogP contribution in [0.4, 0.5) is 32.2 Å². The maximum absolute atomic E-state index is 15.4. The monoisotopic (exact) mass is 863 g/mol. The van der Waals surface area contributed by atoms with E-state index >= 15 is 8.78 Å². The first kappa shape index (κ1) is 39.8. The fraction of sp³-hybridized carbons (Fsp3) is 0.306. The Hall–Kier alpha value is -6.03. The SMILES string of the molecule is CC(=O)N(c1nn(C)c2c(-n3c([C@H](Cc4cc(F)cc(F)c4)NC(=O)Cn4nc(C(F)F)c5c4C(F)(F)[C@@H]4C[C@H]54)nc4[nH]c(=O)ccc4c3=O)ccc(Cl)c12)S(C)(=O)=O. The first-order valence-electron chi connectivity index (χ1n) is 17.5. The number of nitrogens with one attached hydrogen (secondary N) is 2. The number of anilines is 1. The van der Waals surface area contributed by atoms with E-state index in [-0.39, 0.29) is 50.2 Å². The number of sulfonamides is 1. The number of benzene rings is 2. The Balaban J connectivity index is 1.34. The summed E-state index contributed by atoms with van der Waals surface area (Å²) in [5.41, 5.74) is -4.33. The molecule has 2 aliphatic rings. The van der Waals surface area contributed by atoms with E-state index in [4.69, 9.17) is 11.6 Å². The first-order chi connectivity index (χ1) is 27.7. The molecule has 15 nitrogen and oxygen atoms in total. The summed E-state index contributed by atoms with van der Waals surface area (Å²) in [5.74, 6) is -10.7. The molecule has 2 aromatic carbocycles. The van der Waals surface area contributed by atoms with Gasteiger partial charge in [-0.25, -0.2) is 31.0 Å². The number of hydrogen-bond acceptors (Lipinski definition) is 9. The van der Waals surface area contributed by atoms with Crippen LogP contribution in [0.1, 0.15) is 60.1 Å². The van der Waals surface area contributed by atoms with E-state index in [2.05, 4.69) is 25.5 Å². The molecule has 2 N–H and O–H groups in total. The van der Waals surface area contributed by atoms with Crippen molar-refractivity contribution >= 4 is 61.2 Å². The number of amides is 2. The Labute approximate surface area is 332 Å². The van der Waals surface area contributed by atoms with Crippen LogP contribution in [0.25, 0.3) is 27.6 Å². The Morgan fingerprint density at radius 3 is 2.42 bits per heavy atom. The van der Waals surface area contributed by atoms with Crippen molar-refractivity contribution in [2.24, 2.45) is 13.0 Å². The molecule has 4 aromatic heterocycles. The minimum atomic E-state index is -4.32. The first-order valence-corrected chi connectivity index (χ1v) is 19.7. The van der Waals surface area contributed by atoms with E-state index in [1.807, 2.05) is 0 Å². The van der Waals surface area contributed by atoms with E-state index in [0.29, 0.717) is 15.1 Å². The number of rotatable bonds is 10. The molecule has 6 aromatic rings. The second-order valence-corrected chi connectivity index (χ2v) is 16.5. The number of carbonyl (C=O) groups excluding carboxylic acids is 2. The third-order valence-corrected chi connectivity index (χ3v) is 11.6. The Kier molecular flexibility index (Phi) is 9.29. The van der Waals surface area contributed by atoms with Gasteiger partial charge in [-0.2, -0.15) is 23.3 Å². The number of H-pyrrole nitrogens is 1. The minimum absolute atomic E-state index is 0.0334. The normalized spacial score (nSPS) is 17.3. The fourth-order valence-electron chi connectivity index (χ4n) is 7.91. The van der Waals surface area contributed by atoms with Crippen molar-refractivity contribution in [3.8, 4) is 5.69 Å². The molecule has 2 aliphatic carbocycles.